The van der Waals surface area contributed by atoms with Gasteiger partial charge in [-0.15, -0.1) is 0 Å². The van der Waals surface area contributed by atoms with E-state index in [-0.39, 0.29) is 12.4 Å². The van der Waals surface area contributed by atoms with E-state index in [2.05, 4.69) is 16.1 Å². The Morgan fingerprint density at radius 1 is 1.13 bits per heavy atom. The van der Waals surface area contributed by atoms with Gasteiger partial charge in [-0.05, 0) is 62.6 Å². The van der Waals surface area contributed by atoms with E-state index < -0.39 is 11.2 Å². The smallest absolute Gasteiger partial charge is 0.138 e. The maximum atomic E-state index is 13.2. The monoisotopic (exact) mass is 515 g/mol. The molecule has 0 unspecified atom stereocenters. The van der Waals surface area contributed by atoms with Crippen LogP contribution in [-0.2, 0) is 6.42 Å². The maximum Gasteiger partial charge on any atom is 0.138 e. The number of halogens is 1. The number of aliphatic hydroxyl groups is 2. The normalized spacial score (nSPS) is 15.4. The fraction of sp³-hybridized carbons (Fsp3) is 0.345. The van der Waals surface area contributed by atoms with Crippen LogP contribution in [0.25, 0.3) is 16.6 Å². The lowest BCUT2D eigenvalue weighted by atomic mass is 9.85. The average Bonchev–Trinajstić information content (AvgIpc) is 3.32. The van der Waals surface area contributed by atoms with E-state index in [1.807, 2.05) is 18.2 Å². The van der Waals surface area contributed by atoms with Crippen LogP contribution in [0.4, 0.5) is 10.2 Å². The molecule has 0 aliphatic carbocycles. The van der Waals surface area contributed by atoms with Crippen molar-refractivity contribution < 1.29 is 19.3 Å². The van der Waals surface area contributed by atoms with E-state index in [1.54, 1.807) is 42.9 Å². The van der Waals surface area contributed by atoms with Crippen LogP contribution in [0.1, 0.15) is 37.8 Å². The van der Waals surface area contributed by atoms with Crippen LogP contribution in [0.3, 0.4) is 0 Å². The highest BCUT2D eigenvalue weighted by Gasteiger charge is 2.33. The number of nitrogens with zero attached hydrogens (tertiary/aromatic N) is 5. The molecule has 9 heteroatoms. The lowest BCUT2D eigenvalue weighted by Gasteiger charge is -2.39. The molecule has 0 amide bonds. The number of rotatable bonds is 7. The molecule has 1 saturated heterocycles. The summed E-state index contributed by atoms with van der Waals surface area (Å²) in [6.07, 6.45) is 6.61. The molecule has 1 aromatic carbocycles. The summed E-state index contributed by atoms with van der Waals surface area (Å²) in [7, 11) is 0. The molecular weight excluding hydrogens is 485 g/mol. The summed E-state index contributed by atoms with van der Waals surface area (Å²) in [5.41, 5.74) is 1.73. The van der Waals surface area contributed by atoms with Crippen LogP contribution in [0.5, 0.6) is 5.75 Å². The lowest BCUT2D eigenvalue weighted by Crippen LogP contribution is -2.46. The zero-order chi connectivity index (χ0) is 26.9. The number of benzene rings is 1. The predicted octanol–water partition coefficient (Wildman–Crippen LogP) is 4.13. The van der Waals surface area contributed by atoms with Crippen molar-refractivity contribution >= 4 is 11.3 Å². The molecule has 0 spiro atoms. The van der Waals surface area contributed by atoms with Gasteiger partial charge < -0.3 is 19.8 Å². The number of hydrogen-bond acceptors (Lipinski definition) is 7. The third kappa shape index (κ3) is 5.62. The zero-order valence-electron chi connectivity index (χ0n) is 21.4. The molecule has 1 aliphatic heterocycles. The molecule has 38 heavy (non-hydrogen) atoms. The van der Waals surface area contributed by atoms with Crippen molar-refractivity contribution in [2.75, 3.05) is 24.6 Å². The number of pyridine rings is 2. The van der Waals surface area contributed by atoms with Crippen LogP contribution in [0.2, 0.25) is 0 Å². The van der Waals surface area contributed by atoms with Crippen molar-refractivity contribution in [3.8, 4) is 22.9 Å². The molecule has 1 fully saturated rings. The molecule has 1 aliphatic rings. The summed E-state index contributed by atoms with van der Waals surface area (Å²) in [6.45, 7) is 4.73. The third-order valence-electron chi connectivity index (χ3n) is 6.82. The van der Waals surface area contributed by atoms with E-state index in [9.17, 15) is 19.9 Å². The molecular formula is C29H30FN5O3. The molecule has 4 aromatic rings. The molecule has 0 saturated carbocycles. The van der Waals surface area contributed by atoms with E-state index in [0.717, 1.165) is 22.5 Å². The van der Waals surface area contributed by atoms with E-state index in [0.29, 0.717) is 49.2 Å². The van der Waals surface area contributed by atoms with Crippen molar-refractivity contribution in [2.24, 2.45) is 0 Å². The highest BCUT2D eigenvalue weighted by atomic mass is 19.1. The Balaban J connectivity index is 1.34. The molecule has 5 rings (SSSR count). The zero-order valence-corrected chi connectivity index (χ0v) is 21.4. The fourth-order valence-corrected chi connectivity index (χ4v) is 4.78. The van der Waals surface area contributed by atoms with Gasteiger partial charge in [0.15, 0.2) is 0 Å². The van der Waals surface area contributed by atoms with Crippen LogP contribution in [0, 0.1) is 17.1 Å². The van der Waals surface area contributed by atoms with Gasteiger partial charge in [0.1, 0.15) is 30.1 Å². The summed E-state index contributed by atoms with van der Waals surface area (Å²) in [6, 6.07) is 14.2. The second-order valence-corrected chi connectivity index (χ2v) is 10.6. The van der Waals surface area contributed by atoms with E-state index in [1.165, 1.54) is 18.3 Å². The fourth-order valence-electron chi connectivity index (χ4n) is 4.78. The third-order valence-corrected chi connectivity index (χ3v) is 6.82. The number of hydrogen-bond donors (Lipinski definition) is 2. The number of ether oxygens (including phenoxy) is 1. The van der Waals surface area contributed by atoms with Gasteiger partial charge in [0.25, 0.3) is 0 Å². The Morgan fingerprint density at radius 3 is 2.50 bits per heavy atom. The summed E-state index contributed by atoms with van der Waals surface area (Å²) >= 11 is 0. The molecule has 3 aromatic heterocycles. The number of aromatic nitrogens is 3. The first-order valence-corrected chi connectivity index (χ1v) is 12.6. The second-order valence-electron chi connectivity index (χ2n) is 10.6. The number of fused-ring (bicyclic) bond motifs is 1. The SMILES string of the molecule is CC(C)(O)COc1cc(-c2ccc(N3CCC(O)(Cc4ccc(F)cc4)CC3)nc2)c2c(C#N)cnn2c1. The Morgan fingerprint density at radius 2 is 1.87 bits per heavy atom. The summed E-state index contributed by atoms with van der Waals surface area (Å²) < 4.78 is 20.6. The number of nitriles is 1. The van der Waals surface area contributed by atoms with Gasteiger partial charge in [-0.25, -0.2) is 13.9 Å². The topological polar surface area (TPSA) is 107 Å². The van der Waals surface area contributed by atoms with Crippen LogP contribution in [-0.4, -0.2) is 55.7 Å². The van der Waals surface area contributed by atoms with Crippen molar-refractivity contribution in [1.29, 1.82) is 5.26 Å². The van der Waals surface area contributed by atoms with Gasteiger partial charge in [0.2, 0.25) is 0 Å². The van der Waals surface area contributed by atoms with Crippen molar-refractivity contribution in [3.05, 3.63) is 78.0 Å². The van der Waals surface area contributed by atoms with Gasteiger partial charge in [-0.2, -0.15) is 10.4 Å². The lowest BCUT2D eigenvalue weighted by molar-refractivity contribution is 0.0164. The molecule has 196 valence electrons. The van der Waals surface area contributed by atoms with Gasteiger partial charge in [-0.3, -0.25) is 0 Å². The average molecular weight is 516 g/mol. The summed E-state index contributed by atoms with van der Waals surface area (Å²) in [4.78, 5) is 6.83. The van der Waals surface area contributed by atoms with Gasteiger partial charge in [-0.1, -0.05) is 12.1 Å². The van der Waals surface area contributed by atoms with Crippen molar-refractivity contribution in [1.82, 2.24) is 14.6 Å². The number of anilines is 1. The molecule has 2 N–H and O–H groups in total. The number of piperidine rings is 1. The van der Waals surface area contributed by atoms with Crippen molar-refractivity contribution in [3.63, 3.8) is 0 Å². The standard InChI is InChI=1S/C29H30FN5O3/c1-28(2,36)19-38-24-13-25(27-22(15-31)17-33-35(27)18-24)21-5-8-26(32-16-21)34-11-9-29(37,10-12-34)14-20-3-6-23(30)7-4-20/h3-8,13,16-18,36-37H,9-12,14,19H2,1-2H3. The first-order valence-electron chi connectivity index (χ1n) is 12.6. The van der Waals surface area contributed by atoms with Gasteiger partial charge in [0, 0.05) is 36.8 Å². The first kappa shape index (κ1) is 25.6. The molecule has 0 atom stereocenters. The van der Waals surface area contributed by atoms with Crippen molar-refractivity contribution in [2.45, 2.75) is 44.3 Å². The highest BCUT2D eigenvalue weighted by molar-refractivity contribution is 5.85. The van der Waals surface area contributed by atoms with E-state index in [4.69, 9.17) is 9.72 Å². The molecule has 8 nitrogen and oxygen atoms in total. The van der Waals surface area contributed by atoms with Crippen LogP contribution in [0.15, 0.2) is 61.1 Å². The Bertz CT molecular complexity index is 1460. The predicted molar refractivity (Wildman–Crippen MR) is 141 cm³/mol. The molecule has 0 bridgehead atoms. The maximum absolute atomic E-state index is 13.2. The minimum absolute atomic E-state index is 0.101. The minimum atomic E-state index is -1.00. The largest absolute Gasteiger partial charge is 0.489 e. The summed E-state index contributed by atoms with van der Waals surface area (Å²) in [5.74, 6) is 1.04. The Hall–Kier alpha value is -4.00. The van der Waals surface area contributed by atoms with Gasteiger partial charge in [0.05, 0.1) is 34.7 Å². The second kappa shape index (κ2) is 10.0. The highest BCUT2D eigenvalue weighted by Crippen LogP contribution is 2.33. The quantitative estimate of drug-likeness (QED) is 0.381. The van der Waals surface area contributed by atoms with E-state index >= 15 is 0 Å². The molecule has 4 heterocycles. The van der Waals surface area contributed by atoms with Crippen LogP contribution < -0.4 is 9.64 Å². The Labute approximate surface area is 220 Å². The summed E-state index contributed by atoms with van der Waals surface area (Å²) in [5, 5.41) is 35.1. The minimum Gasteiger partial charge on any atom is -0.489 e. The molecule has 0 radical (unpaired) electrons. The van der Waals surface area contributed by atoms with Gasteiger partial charge >= 0.3 is 0 Å². The Kier molecular flexibility index (Phi) is 6.78. The first-order chi connectivity index (χ1) is 18.1. The van der Waals surface area contributed by atoms with Crippen LogP contribution >= 0.6 is 0 Å².